The number of hydrogen-bond acceptors (Lipinski definition) is 6. The van der Waals surface area contributed by atoms with Crippen molar-refractivity contribution < 1.29 is 14.3 Å². The fraction of sp³-hybridized carbons (Fsp3) is 0.577. The predicted molar refractivity (Wildman–Crippen MR) is 143 cm³/mol. The molecule has 1 aliphatic heterocycles. The third-order valence-electron chi connectivity index (χ3n) is 7.52. The van der Waals surface area contributed by atoms with Gasteiger partial charge in [-0.3, -0.25) is 19.2 Å². The number of carbonyl (C=O) groups is 1. The summed E-state index contributed by atoms with van der Waals surface area (Å²) in [6, 6.07) is 3.95. The van der Waals surface area contributed by atoms with E-state index in [2.05, 4.69) is 15.0 Å². The molecular formula is C26H36ClN5O4. The first-order chi connectivity index (χ1) is 17.1. The van der Waals surface area contributed by atoms with Gasteiger partial charge in [-0.05, 0) is 38.3 Å². The molecule has 2 fully saturated rings. The molecule has 10 heteroatoms. The number of unbranched alkanes of at least 4 members (excludes halogenated alkanes) is 1. The van der Waals surface area contributed by atoms with Crippen LogP contribution in [0, 0.1) is 0 Å². The average molecular weight is 518 g/mol. The maximum Gasteiger partial charge on any atom is 0.259 e. The minimum Gasteiger partial charge on any atom is -0.496 e. The molecule has 5 rings (SSSR count). The first kappa shape index (κ1) is 26.4. The van der Waals surface area contributed by atoms with Crippen molar-refractivity contribution >= 4 is 40.1 Å². The summed E-state index contributed by atoms with van der Waals surface area (Å²) in [5, 5.41) is 6.00. The molecule has 0 spiro atoms. The van der Waals surface area contributed by atoms with E-state index in [1.54, 1.807) is 26.5 Å². The van der Waals surface area contributed by atoms with Crippen LogP contribution in [-0.2, 0) is 4.74 Å². The molecule has 0 atom stereocenters. The number of aromatic nitrogens is 3. The second-order valence-corrected chi connectivity index (χ2v) is 9.68. The van der Waals surface area contributed by atoms with Gasteiger partial charge in [0.1, 0.15) is 5.75 Å². The minimum atomic E-state index is -0.167. The Morgan fingerprint density at radius 1 is 1.08 bits per heavy atom. The van der Waals surface area contributed by atoms with Crippen molar-refractivity contribution in [2.24, 2.45) is 0 Å². The minimum absolute atomic E-state index is 0. The highest BCUT2D eigenvalue weighted by Gasteiger charge is 2.27. The van der Waals surface area contributed by atoms with E-state index in [0.717, 1.165) is 62.8 Å². The van der Waals surface area contributed by atoms with Gasteiger partial charge in [0.15, 0.2) is 0 Å². The summed E-state index contributed by atoms with van der Waals surface area (Å²) in [5.74, 6) is 0.445. The number of H-pyrrole nitrogens is 1. The molecule has 2 aromatic heterocycles. The van der Waals surface area contributed by atoms with E-state index in [0.29, 0.717) is 35.3 Å². The Bertz CT molecular complexity index is 1260. The van der Waals surface area contributed by atoms with Crippen LogP contribution in [0.3, 0.4) is 0 Å². The molecule has 1 aromatic carbocycles. The van der Waals surface area contributed by atoms with E-state index < -0.39 is 0 Å². The lowest BCUT2D eigenvalue weighted by molar-refractivity contribution is 0.0629. The summed E-state index contributed by atoms with van der Waals surface area (Å²) in [7, 11) is 3.30. The number of benzene rings is 1. The third kappa shape index (κ3) is 5.10. The Hall–Kier alpha value is -2.62. The normalized spacial score (nSPS) is 17.1. The van der Waals surface area contributed by atoms with Gasteiger partial charge in [0.2, 0.25) is 0 Å². The summed E-state index contributed by atoms with van der Waals surface area (Å²) in [6.45, 7) is 4.91. The fourth-order valence-corrected chi connectivity index (χ4v) is 5.55. The number of carbonyl (C=O) groups excluding carboxylic acids is 1. The van der Waals surface area contributed by atoms with Crippen LogP contribution >= 0.6 is 12.4 Å². The Morgan fingerprint density at radius 3 is 2.53 bits per heavy atom. The van der Waals surface area contributed by atoms with E-state index in [1.165, 1.54) is 12.8 Å². The molecule has 0 bridgehead atoms. The van der Waals surface area contributed by atoms with Crippen LogP contribution in [0.15, 0.2) is 23.1 Å². The molecule has 1 saturated carbocycles. The van der Waals surface area contributed by atoms with E-state index in [1.807, 2.05) is 15.6 Å². The van der Waals surface area contributed by atoms with Crippen molar-refractivity contribution in [3.63, 3.8) is 0 Å². The van der Waals surface area contributed by atoms with Crippen LogP contribution < -0.4 is 10.3 Å². The lowest BCUT2D eigenvalue weighted by Gasteiger charge is -2.35. The van der Waals surface area contributed by atoms with Gasteiger partial charge >= 0.3 is 0 Å². The second kappa shape index (κ2) is 11.6. The third-order valence-corrected chi connectivity index (χ3v) is 7.52. The maximum absolute atomic E-state index is 13.6. The van der Waals surface area contributed by atoms with Gasteiger partial charge in [0.25, 0.3) is 11.5 Å². The SMILES string of the molecule is COCCCCN1CCN(C(=O)c2cc3c(cc2OC)[nH]c(=O)c2cnn(C4CCCC4)c23)CC1.Cl. The van der Waals surface area contributed by atoms with Crippen LogP contribution in [0.5, 0.6) is 5.75 Å². The standard InChI is InChI=1S/C26H35N5O4.ClH/c1-34-14-6-5-9-29-10-12-30(13-11-29)26(33)20-15-19-22(16-23(20)35-2)28-25(32)21-17-27-31(24(19)21)18-7-3-4-8-18;/h15-18H,3-14H2,1-2H3,(H,28,32);1H. The van der Waals surface area contributed by atoms with Crippen molar-refractivity contribution in [1.82, 2.24) is 24.6 Å². The Kier molecular flexibility index (Phi) is 8.54. The number of amides is 1. The van der Waals surface area contributed by atoms with Crippen LogP contribution in [0.4, 0.5) is 0 Å². The Balaban J connectivity index is 0.00000304. The van der Waals surface area contributed by atoms with Gasteiger partial charge in [-0.2, -0.15) is 5.10 Å². The molecule has 3 heterocycles. The van der Waals surface area contributed by atoms with Crippen LogP contribution in [-0.4, -0.2) is 84.0 Å². The zero-order valence-corrected chi connectivity index (χ0v) is 21.9. The topological polar surface area (TPSA) is 92.7 Å². The van der Waals surface area contributed by atoms with Crippen LogP contribution in [0.1, 0.15) is 54.9 Å². The molecule has 1 saturated heterocycles. The van der Waals surface area contributed by atoms with E-state index in [9.17, 15) is 9.59 Å². The monoisotopic (exact) mass is 517 g/mol. The molecule has 1 N–H and O–H groups in total. The van der Waals surface area contributed by atoms with E-state index >= 15 is 0 Å². The van der Waals surface area contributed by atoms with E-state index in [4.69, 9.17) is 9.47 Å². The molecule has 9 nitrogen and oxygen atoms in total. The number of methoxy groups -OCH3 is 2. The van der Waals surface area contributed by atoms with Crippen molar-refractivity contribution in [2.75, 3.05) is 53.6 Å². The summed E-state index contributed by atoms with van der Waals surface area (Å²) < 4.78 is 12.8. The number of pyridine rings is 1. The second-order valence-electron chi connectivity index (χ2n) is 9.68. The summed E-state index contributed by atoms with van der Waals surface area (Å²) >= 11 is 0. The first-order valence-corrected chi connectivity index (χ1v) is 12.7. The van der Waals surface area contributed by atoms with Crippen molar-refractivity contribution in [1.29, 1.82) is 0 Å². The summed E-state index contributed by atoms with van der Waals surface area (Å²) in [5.41, 5.74) is 1.84. The van der Waals surface area contributed by atoms with Crippen molar-refractivity contribution in [2.45, 2.75) is 44.6 Å². The largest absolute Gasteiger partial charge is 0.496 e. The van der Waals surface area contributed by atoms with Crippen LogP contribution in [0.25, 0.3) is 21.8 Å². The number of piperazine rings is 1. The molecular weight excluding hydrogens is 482 g/mol. The van der Waals surface area contributed by atoms with Gasteiger partial charge in [0.05, 0.1) is 41.3 Å². The van der Waals surface area contributed by atoms with Gasteiger partial charge in [0, 0.05) is 51.3 Å². The molecule has 1 aliphatic carbocycles. The lowest BCUT2D eigenvalue weighted by atomic mass is 10.1. The number of hydrogen-bond donors (Lipinski definition) is 1. The van der Waals surface area contributed by atoms with E-state index in [-0.39, 0.29) is 29.9 Å². The number of ether oxygens (including phenoxy) is 2. The Morgan fingerprint density at radius 2 is 1.83 bits per heavy atom. The quantitative estimate of drug-likeness (QED) is 0.459. The average Bonchev–Trinajstić information content (AvgIpc) is 3.56. The van der Waals surface area contributed by atoms with Crippen molar-refractivity contribution in [3.05, 3.63) is 34.2 Å². The Labute approximate surface area is 217 Å². The highest BCUT2D eigenvalue weighted by molar-refractivity contribution is 6.08. The number of fused-ring (bicyclic) bond motifs is 3. The summed E-state index contributed by atoms with van der Waals surface area (Å²) in [6.07, 6.45) is 8.27. The molecule has 36 heavy (non-hydrogen) atoms. The number of nitrogens with zero attached hydrogens (tertiary/aromatic N) is 4. The van der Waals surface area contributed by atoms with Gasteiger partial charge < -0.3 is 19.4 Å². The molecule has 0 unspecified atom stereocenters. The predicted octanol–water partition coefficient (Wildman–Crippen LogP) is 3.61. The molecule has 196 valence electrons. The molecule has 3 aromatic rings. The highest BCUT2D eigenvalue weighted by atomic mass is 35.5. The van der Waals surface area contributed by atoms with Crippen LogP contribution in [0.2, 0.25) is 0 Å². The first-order valence-electron chi connectivity index (χ1n) is 12.7. The summed E-state index contributed by atoms with van der Waals surface area (Å²) in [4.78, 5) is 33.7. The molecule has 1 amide bonds. The fourth-order valence-electron chi connectivity index (χ4n) is 5.55. The molecule has 2 aliphatic rings. The van der Waals surface area contributed by atoms with Crippen molar-refractivity contribution in [3.8, 4) is 5.75 Å². The zero-order chi connectivity index (χ0) is 24.4. The number of nitrogens with one attached hydrogen (secondary N) is 1. The highest BCUT2D eigenvalue weighted by Crippen LogP contribution is 2.35. The smallest absolute Gasteiger partial charge is 0.259 e. The number of rotatable bonds is 8. The molecule has 0 radical (unpaired) electrons. The number of halogens is 1. The number of aromatic amines is 1. The van der Waals surface area contributed by atoms with Gasteiger partial charge in [-0.15, -0.1) is 12.4 Å². The zero-order valence-electron chi connectivity index (χ0n) is 21.1. The lowest BCUT2D eigenvalue weighted by Crippen LogP contribution is -2.48. The van der Waals surface area contributed by atoms with Gasteiger partial charge in [-0.25, -0.2) is 0 Å². The maximum atomic E-state index is 13.6. The van der Waals surface area contributed by atoms with Gasteiger partial charge in [-0.1, -0.05) is 12.8 Å².